The number of ether oxygens (including phenoxy) is 1. The van der Waals surface area contributed by atoms with Gasteiger partial charge in [-0.15, -0.1) is 0 Å². The van der Waals surface area contributed by atoms with Crippen LogP contribution < -0.4 is 5.32 Å². The molecule has 114 valence electrons. The standard InChI is InChI=1S/C10H15F6NO2/c1-4-6(3)19-7(18)17-8(5-2,9(11,12)13)10(14,15)16/h6H,4-5H2,1-3H3,(H,17,18)/t6-/m0/s1. The molecule has 9 heteroatoms. The molecule has 1 amide bonds. The number of alkyl carbamates (subject to hydrolysis) is 1. The minimum atomic E-state index is -5.67. The van der Waals surface area contributed by atoms with Gasteiger partial charge in [0.2, 0.25) is 5.54 Å². The van der Waals surface area contributed by atoms with E-state index in [1.54, 1.807) is 6.92 Å². The summed E-state index contributed by atoms with van der Waals surface area (Å²) in [6.45, 7) is 3.61. The molecule has 1 N–H and O–H groups in total. The van der Waals surface area contributed by atoms with Gasteiger partial charge in [-0.05, 0) is 19.8 Å². The molecule has 0 bridgehead atoms. The van der Waals surface area contributed by atoms with Gasteiger partial charge in [-0.25, -0.2) is 4.79 Å². The number of nitrogens with one attached hydrogen (secondary N) is 1. The highest BCUT2D eigenvalue weighted by Gasteiger charge is 2.70. The lowest BCUT2D eigenvalue weighted by atomic mass is 9.94. The Morgan fingerprint density at radius 2 is 1.53 bits per heavy atom. The predicted octanol–water partition coefficient (Wildman–Crippen LogP) is 3.78. The Kier molecular flexibility index (Phi) is 5.52. The van der Waals surface area contributed by atoms with Crippen LogP contribution in [0.2, 0.25) is 0 Å². The quantitative estimate of drug-likeness (QED) is 0.801. The van der Waals surface area contributed by atoms with Crippen LogP contribution in [0.5, 0.6) is 0 Å². The number of alkyl halides is 6. The highest BCUT2D eigenvalue weighted by Crippen LogP contribution is 2.45. The van der Waals surface area contributed by atoms with Crippen molar-refractivity contribution in [3.63, 3.8) is 0 Å². The number of rotatable bonds is 4. The van der Waals surface area contributed by atoms with Gasteiger partial charge in [-0.3, -0.25) is 5.32 Å². The van der Waals surface area contributed by atoms with Gasteiger partial charge in [-0.1, -0.05) is 13.8 Å². The highest BCUT2D eigenvalue weighted by molar-refractivity contribution is 5.69. The number of amides is 1. The smallest absolute Gasteiger partial charge is 0.420 e. The van der Waals surface area contributed by atoms with Crippen molar-refractivity contribution in [3.05, 3.63) is 0 Å². The fourth-order valence-electron chi connectivity index (χ4n) is 1.26. The molecule has 0 rings (SSSR count). The summed E-state index contributed by atoms with van der Waals surface area (Å²) >= 11 is 0. The monoisotopic (exact) mass is 295 g/mol. The second-order valence-electron chi connectivity index (χ2n) is 4.00. The molecular weight excluding hydrogens is 280 g/mol. The second-order valence-corrected chi connectivity index (χ2v) is 4.00. The largest absolute Gasteiger partial charge is 0.447 e. The Balaban J connectivity index is 5.25. The molecule has 0 fully saturated rings. The van der Waals surface area contributed by atoms with Gasteiger partial charge >= 0.3 is 18.4 Å². The molecule has 0 spiro atoms. The van der Waals surface area contributed by atoms with Gasteiger partial charge in [0, 0.05) is 0 Å². The molecule has 0 aromatic rings. The lowest BCUT2D eigenvalue weighted by Crippen LogP contribution is -2.67. The number of carbonyl (C=O) groups excluding carboxylic acids is 1. The molecule has 0 heterocycles. The van der Waals surface area contributed by atoms with E-state index in [-0.39, 0.29) is 6.42 Å². The molecule has 1 atom stereocenters. The van der Waals surface area contributed by atoms with E-state index >= 15 is 0 Å². The first-order chi connectivity index (χ1) is 8.41. The fraction of sp³-hybridized carbons (Fsp3) is 0.900. The lowest BCUT2D eigenvalue weighted by Gasteiger charge is -2.36. The van der Waals surface area contributed by atoms with Crippen LogP contribution in [0.4, 0.5) is 31.1 Å². The zero-order valence-electron chi connectivity index (χ0n) is 10.6. The molecule has 19 heavy (non-hydrogen) atoms. The molecule has 0 radical (unpaired) electrons. The van der Waals surface area contributed by atoms with E-state index in [4.69, 9.17) is 0 Å². The van der Waals surface area contributed by atoms with Crippen LogP contribution in [0.3, 0.4) is 0 Å². The summed E-state index contributed by atoms with van der Waals surface area (Å²) in [5, 5.41) is 0.914. The van der Waals surface area contributed by atoms with Crippen molar-refractivity contribution in [3.8, 4) is 0 Å². The molecule has 0 saturated heterocycles. The van der Waals surface area contributed by atoms with Crippen LogP contribution in [0, 0.1) is 0 Å². The lowest BCUT2D eigenvalue weighted by molar-refractivity contribution is -0.305. The Labute approximate surface area is 106 Å². The van der Waals surface area contributed by atoms with Crippen LogP contribution in [-0.4, -0.2) is 30.1 Å². The van der Waals surface area contributed by atoms with Crippen molar-refractivity contribution in [1.82, 2.24) is 5.32 Å². The number of halogens is 6. The summed E-state index contributed by atoms with van der Waals surface area (Å²) in [5.41, 5.74) is -4.30. The number of hydrogen-bond acceptors (Lipinski definition) is 2. The molecule has 0 unspecified atom stereocenters. The van der Waals surface area contributed by atoms with Crippen molar-refractivity contribution in [1.29, 1.82) is 0 Å². The first kappa shape index (κ1) is 17.8. The summed E-state index contributed by atoms with van der Waals surface area (Å²) in [4.78, 5) is 11.1. The summed E-state index contributed by atoms with van der Waals surface area (Å²) in [6, 6.07) is 0. The van der Waals surface area contributed by atoms with E-state index in [1.165, 1.54) is 6.92 Å². The normalized spacial score (nSPS) is 15.0. The minimum absolute atomic E-state index is 0.268. The topological polar surface area (TPSA) is 38.3 Å². The third kappa shape index (κ3) is 3.90. The molecule has 0 aliphatic carbocycles. The first-order valence-corrected chi connectivity index (χ1v) is 5.53. The maximum atomic E-state index is 12.7. The molecular formula is C10H15F6NO2. The van der Waals surface area contributed by atoms with Crippen molar-refractivity contribution in [2.24, 2.45) is 0 Å². The summed E-state index contributed by atoms with van der Waals surface area (Å²) < 4.78 is 80.4. The maximum absolute atomic E-state index is 12.7. The molecule has 0 aliphatic rings. The maximum Gasteiger partial charge on any atom is 0.420 e. The van der Waals surface area contributed by atoms with E-state index in [9.17, 15) is 31.1 Å². The Morgan fingerprint density at radius 3 is 1.79 bits per heavy atom. The average molecular weight is 295 g/mol. The molecule has 3 nitrogen and oxygen atoms in total. The molecule has 0 aromatic heterocycles. The summed E-state index contributed by atoms with van der Waals surface area (Å²) in [6.07, 6.45) is -15.0. The summed E-state index contributed by atoms with van der Waals surface area (Å²) in [5.74, 6) is 0. The number of carbonyl (C=O) groups is 1. The SMILES string of the molecule is CC[C@H](C)OC(=O)NC(CC)(C(F)(F)F)C(F)(F)F. The van der Waals surface area contributed by atoms with Crippen LogP contribution in [0.1, 0.15) is 33.6 Å². The van der Waals surface area contributed by atoms with E-state index < -0.39 is 36.5 Å². The van der Waals surface area contributed by atoms with Crippen LogP contribution in [-0.2, 0) is 4.74 Å². The zero-order chi connectivity index (χ0) is 15.5. The second kappa shape index (κ2) is 5.87. The van der Waals surface area contributed by atoms with Gasteiger partial charge in [0.1, 0.15) is 6.10 Å². The van der Waals surface area contributed by atoms with E-state index in [1.807, 2.05) is 0 Å². The van der Waals surface area contributed by atoms with E-state index in [0.717, 1.165) is 5.32 Å². The molecule has 0 aromatic carbocycles. The van der Waals surface area contributed by atoms with Crippen molar-refractivity contribution < 1.29 is 35.9 Å². The van der Waals surface area contributed by atoms with Crippen molar-refractivity contribution in [2.45, 2.75) is 57.6 Å². The highest BCUT2D eigenvalue weighted by atomic mass is 19.4. The van der Waals surface area contributed by atoms with Crippen LogP contribution in [0.25, 0.3) is 0 Å². The van der Waals surface area contributed by atoms with Gasteiger partial charge in [0.15, 0.2) is 0 Å². The van der Waals surface area contributed by atoms with Gasteiger partial charge in [0.05, 0.1) is 0 Å². The van der Waals surface area contributed by atoms with Crippen LogP contribution >= 0.6 is 0 Å². The summed E-state index contributed by atoms with van der Waals surface area (Å²) in [7, 11) is 0. The van der Waals surface area contributed by atoms with E-state index in [2.05, 4.69) is 4.74 Å². The average Bonchev–Trinajstić information content (AvgIpc) is 2.21. The van der Waals surface area contributed by atoms with Crippen molar-refractivity contribution >= 4 is 6.09 Å². The fourth-order valence-corrected chi connectivity index (χ4v) is 1.26. The first-order valence-electron chi connectivity index (χ1n) is 5.53. The van der Waals surface area contributed by atoms with Crippen LogP contribution in [0.15, 0.2) is 0 Å². The third-order valence-electron chi connectivity index (χ3n) is 2.70. The number of hydrogen-bond donors (Lipinski definition) is 1. The van der Waals surface area contributed by atoms with Gasteiger partial charge in [-0.2, -0.15) is 26.3 Å². The Hall–Kier alpha value is -1.15. The molecule has 0 aliphatic heterocycles. The minimum Gasteiger partial charge on any atom is -0.447 e. The Morgan fingerprint density at radius 1 is 1.11 bits per heavy atom. The zero-order valence-corrected chi connectivity index (χ0v) is 10.6. The third-order valence-corrected chi connectivity index (χ3v) is 2.70. The Bertz CT molecular complexity index is 298. The van der Waals surface area contributed by atoms with Gasteiger partial charge in [0.25, 0.3) is 0 Å². The van der Waals surface area contributed by atoms with E-state index in [0.29, 0.717) is 6.92 Å². The van der Waals surface area contributed by atoms with Gasteiger partial charge < -0.3 is 4.74 Å². The predicted molar refractivity (Wildman–Crippen MR) is 54.5 cm³/mol. The van der Waals surface area contributed by atoms with Crippen molar-refractivity contribution in [2.75, 3.05) is 0 Å². The molecule has 0 saturated carbocycles.